The SMILES string of the molecule is CN(C)C(=S)SCC(=O)NC1CCCc2ccccc21. The molecule has 0 bridgehead atoms. The van der Waals surface area contributed by atoms with Crippen LogP contribution < -0.4 is 5.32 Å². The second kappa shape index (κ2) is 7.09. The number of amides is 1. The van der Waals surface area contributed by atoms with E-state index in [4.69, 9.17) is 12.2 Å². The summed E-state index contributed by atoms with van der Waals surface area (Å²) >= 11 is 6.58. The van der Waals surface area contributed by atoms with Crippen LogP contribution >= 0.6 is 24.0 Å². The molecule has 1 aliphatic carbocycles. The Morgan fingerprint density at radius 2 is 2.20 bits per heavy atom. The van der Waals surface area contributed by atoms with Crippen molar-refractivity contribution in [2.75, 3.05) is 19.8 Å². The van der Waals surface area contributed by atoms with E-state index in [0.717, 1.165) is 23.6 Å². The number of nitrogens with zero attached hydrogens (tertiary/aromatic N) is 1. The molecule has 0 saturated heterocycles. The zero-order valence-electron chi connectivity index (χ0n) is 11.9. The first kappa shape index (κ1) is 15.3. The largest absolute Gasteiger partial charge is 0.364 e. The van der Waals surface area contributed by atoms with Crippen LogP contribution in [0.3, 0.4) is 0 Å². The number of aryl methyl sites for hydroxylation is 1. The van der Waals surface area contributed by atoms with Crippen LogP contribution in [0, 0.1) is 0 Å². The molecule has 0 heterocycles. The number of hydrogen-bond acceptors (Lipinski definition) is 3. The highest BCUT2D eigenvalue weighted by molar-refractivity contribution is 8.23. The second-order valence-electron chi connectivity index (χ2n) is 5.16. The Hall–Kier alpha value is -1.07. The number of fused-ring (bicyclic) bond motifs is 1. The van der Waals surface area contributed by atoms with Crippen molar-refractivity contribution in [3.05, 3.63) is 35.4 Å². The minimum absolute atomic E-state index is 0.0564. The average molecular weight is 308 g/mol. The Balaban J connectivity index is 1.91. The second-order valence-corrected chi connectivity index (χ2v) is 6.77. The molecule has 0 aliphatic heterocycles. The highest BCUT2D eigenvalue weighted by Crippen LogP contribution is 2.29. The zero-order chi connectivity index (χ0) is 14.5. The maximum atomic E-state index is 12.0. The molecule has 0 spiro atoms. The van der Waals surface area contributed by atoms with Crippen molar-refractivity contribution < 1.29 is 4.79 Å². The van der Waals surface area contributed by atoms with Gasteiger partial charge in [0.25, 0.3) is 0 Å². The topological polar surface area (TPSA) is 32.3 Å². The van der Waals surface area contributed by atoms with Crippen molar-refractivity contribution in [2.45, 2.75) is 25.3 Å². The van der Waals surface area contributed by atoms with Crippen LogP contribution in [-0.4, -0.2) is 35.0 Å². The maximum absolute atomic E-state index is 12.0. The van der Waals surface area contributed by atoms with Gasteiger partial charge in [-0.05, 0) is 30.4 Å². The summed E-state index contributed by atoms with van der Waals surface area (Å²) in [7, 11) is 3.79. The molecule has 0 fully saturated rings. The van der Waals surface area contributed by atoms with Crippen molar-refractivity contribution in [2.24, 2.45) is 0 Å². The number of carbonyl (C=O) groups excluding carboxylic acids is 1. The number of hydrogen-bond donors (Lipinski definition) is 1. The van der Waals surface area contributed by atoms with E-state index >= 15 is 0 Å². The molecule has 1 aliphatic rings. The summed E-state index contributed by atoms with van der Waals surface area (Å²) in [6.07, 6.45) is 3.26. The van der Waals surface area contributed by atoms with Crippen LogP contribution in [-0.2, 0) is 11.2 Å². The third-order valence-electron chi connectivity index (χ3n) is 3.40. The molecular weight excluding hydrogens is 288 g/mol. The fourth-order valence-corrected chi connectivity index (χ4v) is 3.17. The van der Waals surface area contributed by atoms with Gasteiger partial charge in [-0.3, -0.25) is 4.79 Å². The van der Waals surface area contributed by atoms with Gasteiger partial charge in [-0.15, -0.1) is 0 Å². The molecule has 1 unspecified atom stereocenters. The molecule has 3 nitrogen and oxygen atoms in total. The molecule has 1 aromatic carbocycles. The van der Waals surface area contributed by atoms with Crippen molar-refractivity contribution in [3.8, 4) is 0 Å². The van der Waals surface area contributed by atoms with Gasteiger partial charge >= 0.3 is 0 Å². The van der Waals surface area contributed by atoms with Gasteiger partial charge in [0.2, 0.25) is 5.91 Å². The Bertz CT molecular complexity index is 502. The van der Waals surface area contributed by atoms with E-state index in [0.29, 0.717) is 5.75 Å². The highest BCUT2D eigenvalue weighted by Gasteiger charge is 2.21. The molecule has 1 atom stereocenters. The molecule has 0 saturated carbocycles. The van der Waals surface area contributed by atoms with Crippen molar-refractivity contribution in [1.29, 1.82) is 0 Å². The van der Waals surface area contributed by atoms with Crippen molar-refractivity contribution >= 4 is 34.2 Å². The highest BCUT2D eigenvalue weighted by atomic mass is 32.2. The van der Waals surface area contributed by atoms with Gasteiger partial charge < -0.3 is 10.2 Å². The lowest BCUT2D eigenvalue weighted by Gasteiger charge is -2.26. The maximum Gasteiger partial charge on any atom is 0.230 e. The third kappa shape index (κ3) is 3.96. The van der Waals surface area contributed by atoms with Crippen LogP contribution in [0.25, 0.3) is 0 Å². The van der Waals surface area contributed by atoms with E-state index in [-0.39, 0.29) is 11.9 Å². The first-order valence-corrected chi connectivity index (χ1v) is 8.18. The van der Waals surface area contributed by atoms with Crippen LogP contribution in [0.5, 0.6) is 0 Å². The lowest BCUT2D eigenvalue weighted by Crippen LogP contribution is -2.32. The smallest absolute Gasteiger partial charge is 0.230 e. The normalized spacial score (nSPS) is 17.2. The first-order valence-electron chi connectivity index (χ1n) is 6.79. The van der Waals surface area contributed by atoms with Gasteiger partial charge in [0.1, 0.15) is 4.32 Å². The van der Waals surface area contributed by atoms with Crippen LogP contribution in [0.15, 0.2) is 24.3 Å². The number of benzene rings is 1. The summed E-state index contributed by atoms with van der Waals surface area (Å²) in [5.41, 5.74) is 2.63. The monoisotopic (exact) mass is 308 g/mol. The van der Waals surface area contributed by atoms with Crippen LogP contribution in [0.2, 0.25) is 0 Å². The predicted octanol–water partition coefficient (Wildman–Crippen LogP) is 2.76. The fourth-order valence-electron chi connectivity index (χ4n) is 2.40. The van der Waals surface area contributed by atoms with Gasteiger partial charge in [-0.1, -0.05) is 48.2 Å². The predicted molar refractivity (Wildman–Crippen MR) is 89.0 cm³/mol. The molecular formula is C15H20N2OS2. The lowest BCUT2D eigenvalue weighted by molar-refractivity contribution is -0.119. The zero-order valence-corrected chi connectivity index (χ0v) is 13.5. The molecule has 1 amide bonds. The van der Waals surface area contributed by atoms with E-state index in [2.05, 4.69) is 23.5 Å². The number of rotatable bonds is 3. The summed E-state index contributed by atoms with van der Waals surface area (Å²) in [4.78, 5) is 13.9. The molecule has 1 aromatic rings. The summed E-state index contributed by atoms with van der Waals surface area (Å²) in [6.45, 7) is 0. The van der Waals surface area contributed by atoms with Crippen molar-refractivity contribution in [3.63, 3.8) is 0 Å². The van der Waals surface area contributed by atoms with Gasteiger partial charge in [0, 0.05) is 14.1 Å². The Morgan fingerprint density at radius 1 is 1.45 bits per heavy atom. The molecule has 0 radical (unpaired) electrons. The number of thiocarbonyl (C=S) groups is 1. The summed E-state index contributed by atoms with van der Waals surface area (Å²) in [6, 6.07) is 8.54. The number of nitrogens with one attached hydrogen (secondary N) is 1. The fraction of sp³-hybridized carbons (Fsp3) is 0.467. The van der Waals surface area contributed by atoms with E-state index in [1.54, 1.807) is 0 Å². The average Bonchev–Trinajstić information content (AvgIpc) is 2.45. The van der Waals surface area contributed by atoms with Gasteiger partial charge in [0.15, 0.2) is 0 Å². The van der Waals surface area contributed by atoms with Gasteiger partial charge in [-0.25, -0.2) is 0 Å². The van der Waals surface area contributed by atoms with Crippen LogP contribution in [0.1, 0.15) is 30.0 Å². The quantitative estimate of drug-likeness (QED) is 0.870. The minimum atomic E-state index is 0.0564. The standard InChI is InChI=1S/C15H20N2OS2/c1-17(2)15(19)20-10-14(18)16-13-9-5-7-11-6-3-4-8-12(11)13/h3-4,6,8,13H,5,7,9-10H2,1-2H3,(H,16,18). The molecule has 108 valence electrons. The Labute approximate surface area is 130 Å². The van der Waals surface area contributed by atoms with E-state index in [9.17, 15) is 4.79 Å². The lowest BCUT2D eigenvalue weighted by atomic mass is 9.88. The molecule has 2 rings (SSSR count). The summed E-state index contributed by atoms with van der Waals surface area (Å²) < 4.78 is 0.740. The van der Waals surface area contributed by atoms with Gasteiger partial charge in [-0.2, -0.15) is 0 Å². The molecule has 5 heteroatoms. The van der Waals surface area contributed by atoms with Crippen molar-refractivity contribution in [1.82, 2.24) is 10.2 Å². The summed E-state index contributed by atoms with van der Waals surface area (Å²) in [5.74, 6) is 0.441. The van der Waals surface area contributed by atoms with E-state index < -0.39 is 0 Å². The molecule has 20 heavy (non-hydrogen) atoms. The van der Waals surface area contributed by atoms with E-state index in [1.807, 2.05) is 25.1 Å². The molecule has 1 N–H and O–H groups in total. The number of carbonyl (C=O) groups is 1. The summed E-state index contributed by atoms with van der Waals surface area (Å²) in [5, 5.41) is 3.13. The third-order valence-corrected chi connectivity index (χ3v) is 5.13. The first-order chi connectivity index (χ1) is 9.58. The Kier molecular flexibility index (Phi) is 5.43. The van der Waals surface area contributed by atoms with Crippen LogP contribution in [0.4, 0.5) is 0 Å². The molecule has 0 aromatic heterocycles. The number of thioether (sulfide) groups is 1. The van der Waals surface area contributed by atoms with E-state index in [1.165, 1.54) is 22.9 Å². The minimum Gasteiger partial charge on any atom is -0.364 e. The van der Waals surface area contributed by atoms with Gasteiger partial charge in [0.05, 0.1) is 11.8 Å². The Morgan fingerprint density at radius 3 is 2.95 bits per heavy atom.